The first-order chi connectivity index (χ1) is 11.6. The highest BCUT2D eigenvalue weighted by molar-refractivity contribution is 7.17. The number of ether oxygens (including phenoxy) is 1. The second-order valence-electron chi connectivity index (χ2n) is 5.39. The van der Waals surface area contributed by atoms with Gasteiger partial charge in [0, 0.05) is 0 Å². The summed E-state index contributed by atoms with van der Waals surface area (Å²) in [5.41, 5.74) is -1.23. The summed E-state index contributed by atoms with van der Waals surface area (Å²) in [5, 5.41) is 2.32. The molecule has 1 N–H and O–H groups in total. The predicted molar refractivity (Wildman–Crippen MR) is 86.8 cm³/mol. The van der Waals surface area contributed by atoms with Crippen LogP contribution in [0.25, 0.3) is 0 Å². The van der Waals surface area contributed by atoms with E-state index in [1.54, 1.807) is 20.8 Å². The van der Waals surface area contributed by atoms with Gasteiger partial charge in [-0.2, -0.15) is 13.2 Å². The minimum absolute atomic E-state index is 0.0233. The zero-order chi connectivity index (χ0) is 18.8. The van der Waals surface area contributed by atoms with Crippen molar-refractivity contribution in [3.8, 4) is 0 Å². The molecule has 0 aliphatic rings. The van der Waals surface area contributed by atoms with E-state index >= 15 is 0 Å². The van der Waals surface area contributed by atoms with Gasteiger partial charge in [0.05, 0.1) is 22.9 Å². The number of rotatable bonds is 4. The molecule has 134 valence electrons. The number of hydrogen-bond acceptors (Lipinski definition) is 5. The molecule has 5 nitrogen and oxygen atoms in total. The lowest BCUT2D eigenvalue weighted by Crippen LogP contribution is -2.18. The molecule has 0 aliphatic carbocycles. The van der Waals surface area contributed by atoms with Gasteiger partial charge in [-0.25, -0.2) is 9.78 Å². The number of alkyl halides is 3. The minimum Gasteiger partial charge on any atom is -0.459 e. The van der Waals surface area contributed by atoms with Gasteiger partial charge in [0.25, 0.3) is 5.91 Å². The Morgan fingerprint density at radius 1 is 1.24 bits per heavy atom. The molecule has 1 amide bonds. The number of aryl methyl sites for hydroxylation is 1. The first-order valence-corrected chi connectivity index (χ1v) is 8.07. The lowest BCUT2D eigenvalue weighted by atomic mass is 10.1. The third kappa shape index (κ3) is 4.56. The number of aromatic nitrogens is 1. The van der Waals surface area contributed by atoms with Crippen molar-refractivity contribution < 1.29 is 27.5 Å². The topological polar surface area (TPSA) is 68.3 Å². The van der Waals surface area contributed by atoms with Crippen molar-refractivity contribution in [2.45, 2.75) is 33.1 Å². The average molecular weight is 372 g/mol. The van der Waals surface area contributed by atoms with Crippen molar-refractivity contribution in [2.75, 3.05) is 5.32 Å². The van der Waals surface area contributed by atoms with Gasteiger partial charge in [0.2, 0.25) is 0 Å². The van der Waals surface area contributed by atoms with Crippen LogP contribution in [0.5, 0.6) is 0 Å². The zero-order valence-electron chi connectivity index (χ0n) is 13.6. The van der Waals surface area contributed by atoms with E-state index in [-0.39, 0.29) is 16.1 Å². The summed E-state index contributed by atoms with van der Waals surface area (Å²) in [6.45, 7) is 4.92. The van der Waals surface area contributed by atoms with Crippen LogP contribution in [0.3, 0.4) is 0 Å². The molecule has 25 heavy (non-hydrogen) atoms. The number of thiazole rings is 1. The number of benzene rings is 1. The maximum atomic E-state index is 13.0. The molecule has 2 rings (SSSR count). The number of nitrogens with zero attached hydrogens (tertiary/aromatic N) is 1. The number of anilines is 1. The molecule has 0 saturated carbocycles. The molecular weight excluding hydrogens is 357 g/mol. The second-order valence-corrected chi connectivity index (χ2v) is 6.38. The Labute approximate surface area is 145 Å². The van der Waals surface area contributed by atoms with E-state index in [0.717, 1.165) is 23.5 Å². The molecule has 1 aromatic heterocycles. The summed E-state index contributed by atoms with van der Waals surface area (Å²) >= 11 is 0.847. The van der Waals surface area contributed by atoms with Gasteiger partial charge in [-0.15, -0.1) is 0 Å². The van der Waals surface area contributed by atoms with E-state index in [1.165, 1.54) is 12.1 Å². The smallest absolute Gasteiger partial charge is 0.417 e. The van der Waals surface area contributed by atoms with E-state index in [9.17, 15) is 22.8 Å². The average Bonchev–Trinajstić information content (AvgIpc) is 2.86. The highest BCUT2D eigenvalue weighted by Gasteiger charge is 2.35. The Balaban J connectivity index is 2.24. The summed E-state index contributed by atoms with van der Waals surface area (Å²) in [6.07, 6.45) is -4.98. The monoisotopic (exact) mass is 372 g/mol. The van der Waals surface area contributed by atoms with Crippen LogP contribution < -0.4 is 5.32 Å². The van der Waals surface area contributed by atoms with Gasteiger partial charge in [-0.3, -0.25) is 10.1 Å². The largest absolute Gasteiger partial charge is 0.459 e. The van der Waals surface area contributed by atoms with Crippen LogP contribution in [-0.2, 0) is 10.9 Å². The Kier molecular flexibility index (Phi) is 5.46. The minimum atomic E-state index is -4.65. The van der Waals surface area contributed by atoms with Crippen LogP contribution in [0.4, 0.5) is 18.3 Å². The van der Waals surface area contributed by atoms with Crippen molar-refractivity contribution in [2.24, 2.45) is 0 Å². The van der Waals surface area contributed by atoms with Crippen molar-refractivity contribution in [3.05, 3.63) is 46.0 Å². The first-order valence-electron chi connectivity index (χ1n) is 7.25. The highest BCUT2D eigenvalue weighted by Crippen LogP contribution is 2.32. The molecule has 1 heterocycles. The Morgan fingerprint density at radius 2 is 1.88 bits per heavy atom. The molecule has 1 aromatic carbocycles. The fraction of sp³-hybridized carbons (Fsp3) is 0.312. The standard InChI is InChI=1S/C16H15F3N2O3S/c1-8(2)24-14(23)12-9(3)20-15(25-12)21-13(22)10-6-4-5-7-11(10)16(17,18)19/h4-8H,1-3H3,(H,20,21,22). The number of esters is 1. The van der Waals surface area contributed by atoms with Crippen molar-refractivity contribution in [3.63, 3.8) is 0 Å². The zero-order valence-corrected chi connectivity index (χ0v) is 14.4. The summed E-state index contributed by atoms with van der Waals surface area (Å²) in [6, 6.07) is 4.44. The number of carbonyl (C=O) groups is 2. The van der Waals surface area contributed by atoms with Gasteiger partial charge < -0.3 is 4.74 Å². The third-order valence-electron chi connectivity index (χ3n) is 3.02. The van der Waals surface area contributed by atoms with E-state index in [2.05, 4.69) is 10.3 Å². The van der Waals surface area contributed by atoms with Crippen LogP contribution in [0.2, 0.25) is 0 Å². The van der Waals surface area contributed by atoms with E-state index in [4.69, 9.17) is 4.74 Å². The summed E-state index contributed by atoms with van der Waals surface area (Å²) < 4.78 is 44.0. The molecule has 0 radical (unpaired) electrons. The molecule has 0 unspecified atom stereocenters. The third-order valence-corrected chi connectivity index (χ3v) is 4.08. The summed E-state index contributed by atoms with van der Waals surface area (Å²) in [7, 11) is 0. The van der Waals surface area contributed by atoms with E-state index in [0.29, 0.717) is 5.69 Å². The van der Waals surface area contributed by atoms with Gasteiger partial charge in [-0.1, -0.05) is 23.5 Å². The molecule has 9 heteroatoms. The first kappa shape index (κ1) is 18.9. The van der Waals surface area contributed by atoms with E-state index in [1.807, 2.05) is 0 Å². The second kappa shape index (κ2) is 7.22. The van der Waals surface area contributed by atoms with Gasteiger partial charge >= 0.3 is 12.1 Å². The van der Waals surface area contributed by atoms with E-state index < -0.39 is 29.2 Å². The lowest BCUT2D eigenvalue weighted by Gasteiger charge is -2.11. The Bertz CT molecular complexity index is 800. The number of carbonyl (C=O) groups excluding carboxylic acids is 2. The number of halogens is 3. The van der Waals surface area contributed by atoms with Crippen LogP contribution in [-0.4, -0.2) is 23.0 Å². The number of amides is 1. The summed E-state index contributed by atoms with van der Waals surface area (Å²) in [4.78, 5) is 28.3. The quantitative estimate of drug-likeness (QED) is 0.813. The maximum Gasteiger partial charge on any atom is 0.417 e. The van der Waals surface area contributed by atoms with Gasteiger partial charge in [-0.05, 0) is 32.9 Å². The predicted octanol–water partition coefficient (Wildman–Crippen LogP) is 4.29. The van der Waals surface area contributed by atoms with Gasteiger partial charge in [0.15, 0.2) is 5.13 Å². The van der Waals surface area contributed by atoms with Gasteiger partial charge in [0.1, 0.15) is 4.88 Å². The normalized spacial score (nSPS) is 11.5. The molecule has 0 saturated heterocycles. The maximum absolute atomic E-state index is 13.0. The number of hydrogen-bond donors (Lipinski definition) is 1. The molecule has 0 atom stereocenters. The Hall–Kier alpha value is -2.42. The highest BCUT2D eigenvalue weighted by atomic mass is 32.1. The Morgan fingerprint density at radius 3 is 2.48 bits per heavy atom. The molecule has 2 aromatic rings. The van der Waals surface area contributed by atoms with Crippen molar-refractivity contribution in [1.29, 1.82) is 0 Å². The summed E-state index contributed by atoms with van der Waals surface area (Å²) in [5.74, 6) is -1.55. The SMILES string of the molecule is Cc1nc(NC(=O)c2ccccc2C(F)(F)F)sc1C(=O)OC(C)C. The fourth-order valence-corrected chi connectivity index (χ4v) is 2.84. The molecule has 0 bridgehead atoms. The molecule has 0 aliphatic heterocycles. The number of nitrogens with one attached hydrogen (secondary N) is 1. The molecular formula is C16H15F3N2O3S. The fourth-order valence-electron chi connectivity index (χ4n) is 2.00. The molecule has 0 spiro atoms. The molecule has 0 fully saturated rings. The van der Waals surface area contributed by atoms with Crippen LogP contribution in [0, 0.1) is 6.92 Å². The lowest BCUT2D eigenvalue weighted by molar-refractivity contribution is -0.137. The van der Waals surface area contributed by atoms with Crippen LogP contribution in [0.15, 0.2) is 24.3 Å². The van der Waals surface area contributed by atoms with Crippen molar-refractivity contribution in [1.82, 2.24) is 4.98 Å². The van der Waals surface area contributed by atoms with Crippen molar-refractivity contribution >= 4 is 28.3 Å². The van der Waals surface area contributed by atoms with Crippen LogP contribution in [0.1, 0.15) is 45.1 Å². The van der Waals surface area contributed by atoms with Crippen LogP contribution >= 0.6 is 11.3 Å².